The molecule has 1 amide bonds. The first-order valence-corrected chi connectivity index (χ1v) is 11.2. The van der Waals surface area contributed by atoms with Crippen LogP contribution in [0.3, 0.4) is 0 Å². The second kappa shape index (κ2) is 9.62. The van der Waals surface area contributed by atoms with E-state index in [0.29, 0.717) is 23.1 Å². The van der Waals surface area contributed by atoms with E-state index in [1.165, 1.54) is 17.8 Å². The first kappa shape index (κ1) is 21.5. The summed E-state index contributed by atoms with van der Waals surface area (Å²) in [6.07, 6.45) is 2.09. The van der Waals surface area contributed by atoms with Crippen LogP contribution in [0.4, 0.5) is 4.39 Å². The van der Waals surface area contributed by atoms with Gasteiger partial charge in [-0.05, 0) is 51.0 Å². The van der Waals surface area contributed by atoms with E-state index in [1.807, 2.05) is 38.1 Å². The van der Waals surface area contributed by atoms with Crippen LogP contribution in [-0.2, 0) is 9.53 Å². The second-order valence-electron chi connectivity index (χ2n) is 7.60. The van der Waals surface area contributed by atoms with Crippen molar-refractivity contribution < 1.29 is 13.9 Å². The summed E-state index contributed by atoms with van der Waals surface area (Å²) in [7, 11) is 0. The Morgan fingerprint density at radius 2 is 2.03 bits per heavy atom. The summed E-state index contributed by atoms with van der Waals surface area (Å²) >= 11 is 1.30. The van der Waals surface area contributed by atoms with Crippen molar-refractivity contribution >= 4 is 17.7 Å². The predicted octanol–water partition coefficient (Wildman–Crippen LogP) is 4.16. The topological polar surface area (TPSA) is 69.0 Å². The van der Waals surface area contributed by atoms with E-state index in [4.69, 9.17) is 4.74 Å². The summed E-state index contributed by atoms with van der Waals surface area (Å²) in [6, 6.07) is 14.3. The van der Waals surface area contributed by atoms with Crippen LogP contribution in [0.25, 0.3) is 17.1 Å². The summed E-state index contributed by atoms with van der Waals surface area (Å²) in [6.45, 7) is 5.09. The normalized spacial score (nSPS) is 16.9. The Morgan fingerprint density at radius 3 is 2.74 bits per heavy atom. The number of halogens is 1. The minimum atomic E-state index is -0.400. The van der Waals surface area contributed by atoms with Gasteiger partial charge in [0.2, 0.25) is 5.91 Å². The Labute approximate surface area is 185 Å². The van der Waals surface area contributed by atoms with Gasteiger partial charge in [0.15, 0.2) is 11.0 Å². The molecular formula is C23H25FN4O2S. The van der Waals surface area contributed by atoms with Crippen LogP contribution in [0, 0.1) is 12.7 Å². The summed E-state index contributed by atoms with van der Waals surface area (Å²) in [4.78, 5) is 12.6. The summed E-state index contributed by atoms with van der Waals surface area (Å²) < 4.78 is 21.9. The molecule has 0 aliphatic carbocycles. The van der Waals surface area contributed by atoms with Gasteiger partial charge in [0.25, 0.3) is 0 Å². The van der Waals surface area contributed by atoms with Crippen LogP contribution >= 0.6 is 11.8 Å². The molecule has 2 aromatic carbocycles. The molecule has 0 spiro atoms. The first-order valence-electron chi connectivity index (χ1n) is 10.4. The molecule has 1 N–H and O–H groups in total. The lowest BCUT2D eigenvalue weighted by atomic mass is 10.2. The Hall–Kier alpha value is -2.71. The van der Waals surface area contributed by atoms with Gasteiger partial charge in [-0.1, -0.05) is 41.6 Å². The SMILES string of the molecule is Cc1ccc(-n2c(SC(C)C(=O)NCC3CCCO3)nnc2-c2ccccc2F)cc1. The van der Waals surface area contributed by atoms with E-state index in [0.717, 1.165) is 30.7 Å². The summed E-state index contributed by atoms with van der Waals surface area (Å²) in [5.41, 5.74) is 2.28. The van der Waals surface area contributed by atoms with E-state index < -0.39 is 5.25 Å². The molecule has 162 valence electrons. The zero-order chi connectivity index (χ0) is 21.8. The lowest BCUT2D eigenvalue weighted by Gasteiger charge is -2.16. The van der Waals surface area contributed by atoms with Gasteiger partial charge in [-0.2, -0.15) is 0 Å². The molecule has 4 rings (SSSR count). The Balaban J connectivity index is 1.60. The molecule has 1 saturated heterocycles. The molecule has 31 heavy (non-hydrogen) atoms. The van der Waals surface area contributed by atoms with Gasteiger partial charge in [-0.15, -0.1) is 10.2 Å². The number of aromatic nitrogens is 3. The van der Waals surface area contributed by atoms with Gasteiger partial charge >= 0.3 is 0 Å². The number of ether oxygens (including phenoxy) is 1. The van der Waals surface area contributed by atoms with Crippen LogP contribution < -0.4 is 5.32 Å². The summed E-state index contributed by atoms with van der Waals surface area (Å²) in [5.74, 6) is -0.0648. The van der Waals surface area contributed by atoms with Crippen molar-refractivity contribution in [2.75, 3.05) is 13.2 Å². The highest BCUT2D eigenvalue weighted by Gasteiger charge is 2.24. The van der Waals surface area contributed by atoms with Crippen molar-refractivity contribution in [3.8, 4) is 17.1 Å². The lowest BCUT2D eigenvalue weighted by Crippen LogP contribution is -2.36. The maximum atomic E-state index is 14.5. The number of thioether (sulfide) groups is 1. The van der Waals surface area contributed by atoms with E-state index >= 15 is 0 Å². The second-order valence-corrected chi connectivity index (χ2v) is 8.91. The molecule has 3 aromatic rings. The maximum absolute atomic E-state index is 14.5. The molecule has 1 aliphatic rings. The fourth-order valence-corrected chi connectivity index (χ4v) is 4.36. The van der Waals surface area contributed by atoms with E-state index in [9.17, 15) is 9.18 Å². The number of aryl methyl sites for hydroxylation is 1. The molecule has 2 heterocycles. The third-order valence-corrected chi connectivity index (χ3v) is 6.26. The molecule has 0 saturated carbocycles. The Bertz CT molecular complexity index is 1050. The highest BCUT2D eigenvalue weighted by atomic mass is 32.2. The van der Waals surface area contributed by atoms with E-state index in [2.05, 4.69) is 15.5 Å². The largest absolute Gasteiger partial charge is 0.376 e. The van der Waals surface area contributed by atoms with Crippen molar-refractivity contribution in [1.82, 2.24) is 20.1 Å². The minimum absolute atomic E-state index is 0.0880. The third-order valence-electron chi connectivity index (χ3n) is 5.22. The minimum Gasteiger partial charge on any atom is -0.376 e. The molecular weight excluding hydrogens is 415 g/mol. The van der Waals surface area contributed by atoms with Crippen LogP contribution in [0.15, 0.2) is 53.7 Å². The summed E-state index contributed by atoms with van der Waals surface area (Å²) in [5, 5.41) is 11.7. The average molecular weight is 441 g/mol. The fraction of sp³-hybridized carbons (Fsp3) is 0.348. The maximum Gasteiger partial charge on any atom is 0.233 e. The average Bonchev–Trinajstić information content (AvgIpc) is 3.43. The first-order chi connectivity index (χ1) is 15.0. The molecule has 2 unspecified atom stereocenters. The molecule has 1 fully saturated rings. The zero-order valence-corrected chi connectivity index (χ0v) is 18.4. The molecule has 2 atom stereocenters. The van der Waals surface area contributed by atoms with Gasteiger partial charge in [-0.3, -0.25) is 9.36 Å². The van der Waals surface area contributed by atoms with E-state index in [-0.39, 0.29) is 17.8 Å². The zero-order valence-electron chi connectivity index (χ0n) is 17.5. The van der Waals surface area contributed by atoms with Gasteiger partial charge < -0.3 is 10.1 Å². The molecule has 6 nitrogen and oxygen atoms in total. The van der Waals surface area contributed by atoms with Crippen LogP contribution in [0.1, 0.15) is 25.3 Å². The van der Waals surface area contributed by atoms with Crippen LogP contribution in [0.5, 0.6) is 0 Å². The predicted molar refractivity (Wildman–Crippen MR) is 119 cm³/mol. The number of nitrogens with one attached hydrogen (secondary N) is 1. The molecule has 8 heteroatoms. The third kappa shape index (κ3) is 4.97. The number of hydrogen-bond acceptors (Lipinski definition) is 5. The monoisotopic (exact) mass is 440 g/mol. The molecule has 0 radical (unpaired) electrons. The van der Waals surface area contributed by atoms with Gasteiger partial charge in [0, 0.05) is 18.8 Å². The highest BCUT2D eigenvalue weighted by Crippen LogP contribution is 2.31. The number of carbonyl (C=O) groups excluding carboxylic acids is 1. The smallest absolute Gasteiger partial charge is 0.233 e. The number of amides is 1. The van der Waals surface area contributed by atoms with Gasteiger partial charge in [-0.25, -0.2) is 4.39 Å². The number of benzene rings is 2. The number of carbonyl (C=O) groups is 1. The fourth-order valence-electron chi connectivity index (χ4n) is 3.46. The molecule has 1 aromatic heterocycles. The Morgan fingerprint density at radius 1 is 1.26 bits per heavy atom. The van der Waals surface area contributed by atoms with Crippen LogP contribution in [0.2, 0.25) is 0 Å². The number of nitrogens with zero attached hydrogens (tertiary/aromatic N) is 3. The molecule has 1 aliphatic heterocycles. The van der Waals surface area contributed by atoms with Crippen molar-refractivity contribution in [3.05, 3.63) is 59.9 Å². The standard InChI is InChI=1S/C23H25FN4O2S/c1-15-9-11-17(12-10-15)28-21(19-7-3-4-8-20(19)24)26-27-23(28)31-16(2)22(29)25-14-18-6-5-13-30-18/h3-4,7-12,16,18H,5-6,13-14H2,1-2H3,(H,25,29). The van der Waals surface area contributed by atoms with Crippen molar-refractivity contribution in [2.24, 2.45) is 0 Å². The van der Waals surface area contributed by atoms with Crippen molar-refractivity contribution in [2.45, 2.75) is 43.2 Å². The van der Waals surface area contributed by atoms with Gasteiger partial charge in [0.05, 0.1) is 16.9 Å². The number of rotatable bonds is 7. The van der Waals surface area contributed by atoms with Crippen LogP contribution in [-0.4, -0.2) is 45.2 Å². The Kier molecular flexibility index (Phi) is 6.67. The van der Waals surface area contributed by atoms with Gasteiger partial charge in [0.1, 0.15) is 5.82 Å². The highest BCUT2D eigenvalue weighted by molar-refractivity contribution is 8.00. The lowest BCUT2D eigenvalue weighted by molar-refractivity contribution is -0.120. The quantitative estimate of drug-likeness (QED) is 0.559. The van der Waals surface area contributed by atoms with E-state index in [1.54, 1.807) is 22.8 Å². The van der Waals surface area contributed by atoms with Crippen molar-refractivity contribution in [3.63, 3.8) is 0 Å². The number of hydrogen-bond donors (Lipinski definition) is 1. The van der Waals surface area contributed by atoms with Crippen molar-refractivity contribution in [1.29, 1.82) is 0 Å². The molecule has 0 bridgehead atoms.